The fraction of sp³-hybridized carbons (Fsp3) is 0.529. The number of rotatable bonds is 1. The number of phenolic OH excluding ortho intramolecular Hbond substituents is 1. The van der Waals surface area contributed by atoms with Crippen molar-refractivity contribution in [1.82, 2.24) is 9.80 Å². The second-order valence-corrected chi connectivity index (χ2v) is 6.42. The fourth-order valence-corrected chi connectivity index (χ4v) is 3.86. The Bertz CT molecular complexity index is 628. The Morgan fingerprint density at radius 3 is 2.59 bits per heavy atom. The molecule has 2 aliphatic rings. The van der Waals surface area contributed by atoms with Gasteiger partial charge in [-0.2, -0.15) is 0 Å². The van der Waals surface area contributed by atoms with Gasteiger partial charge in [-0.1, -0.05) is 0 Å². The zero-order valence-electron chi connectivity index (χ0n) is 13.1. The number of aryl methyl sites for hydroxylation is 1. The number of hydrogen-bond donors (Lipinski definition) is 1. The lowest BCUT2D eigenvalue weighted by molar-refractivity contribution is -0.144. The molecule has 2 saturated heterocycles. The molecule has 1 atom stereocenters. The molecule has 2 fully saturated rings. The smallest absolute Gasteiger partial charge is 0.255 e. The number of nitrogens with zero attached hydrogens (tertiary/aromatic N) is 2. The van der Waals surface area contributed by atoms with Gasteiger partial charge in [0.2, 0.25) is 5.91 Å². The summed E-state index contributed by atoms with van der Waals surface area (Å²) in [5, 5.41) is 9.52. The maximum atomic E-state index is 13.0. The first-order chi connectivity index (χ1) is 10.5. The van der Waals surface area contributed by atoms with E-state index < -0.39 is 5.54 Å². The average molecular weight is 302 g/mol. The molecule has 0 bridgehead atoms. The maximum Gasteiger partial charge on any atom is 0.255 e. The zero-order chi connectivity index (χ0) is 15.9. The lowest BCUT2D eigenvalue weighted by atomic mass is 9.85. The number of benzene rings is 1. The fourth-order valence-electron chi connectivity index (χ4n) is 3.86. The number of amides is 2. The molecule has 5 nitrogen and oxygen atoms in total. The van der Waals surface area contributed by atoms with E-state index in [0.29, 0.717) is 12.1 Å². The first kappa shape index (κ1) is 14.9. The molecule has 1 N–H and O–H groups in total. The molecular formula is C17H22N2O3. The first-order valence-corrected chi connectivity index (χ1v) is 7.83. The van der Waals surface area contributed by atoms with Gasteiger partial charge in [0.15, 0.2) is 0 Å². The summed E-state index contributed by atoms with van der Waals surface area (Å²) in [6, 6.07) is 4.76. The van der Waals surface area contributed by atoms with Crippen molar-refractivity contribution >= 4 is 11.8 Å². The lowest BCUT2D eigenvalue weighted by Gasteiger charge is -2.43. The van der Waals surface area contributed by atoms with Crippen molar-refractivity contribution < 1.29 is 14.7 Å². The van der Waals surface area contributed by atoms with E-state index in [4.69, 9.17) is 0 Å². The number of likely N-dealkylation sites (N-methyl/N-ethyl adjacent to an activating group) is 1. The molecular weight excluding hydrogens is 280 g/mol. The van der Waals surface area contributed by atoms with Gasteiger partial charge in [0.25, 0.3) is 5.91 Å². The molecule has 1 spiro atoms. The summed E-state index contributed by atoms with van der Waals surface area (Å²) < 4.78 is 0. The number of phenols is 1. The second kappa shape index (κ2) is 5.30. The normalized spacial score (nSPS) is 25.1. The van der Waals surface area contributed by atoms with Crippen molar-refractivity contribution in [3.8, 4) is 5.75 Å². The van der Waals surface area contributed by atoms with Gasteiger partial charge < -0.3 is 14.9 Å². The van der Waals surface area contributed by atoms with E-state index in [-0.39, 0.29) is 17.6 Å². The molecule has 118 valence electrons. The predicted molar refractivity (Wildman–Crippen MR) is 82.7 cm³/mol. The van der Waals surface area contributed by atoms with Gasteiger partial charge in [-0.25, -0.2) is 0 Å². The van der Waals surface area contributed by atoms with Crippen molar-refractivity contribution in [2.75, 3.05) is 20.1 Å². The molecule has 3 rings (SSSR count). The summed E-state index contributed by atoms with van der Waals surface area (Å²) in [5.74, 6) is 0.123. The molecule has 0 radical (unpaired) electrons. The molecule has 22 heavy (non-hydrogen) atoms. The van der Waals surface area contributed by atoms with Crippen LogP contribution in [0.25, 0.3) is 0 Å². The molecule has 1 aromatic carbocycles. The van der Waals surface area contributed by atoms with Crippen LogP contribution in [0.2, 0.25) is 0 Å². The number of likely N-dealkylation sites (tertiary alicyclic amines) is 2. The molecule has 0 aromatic heterocycles. The average Bonchev–Trinajstić information content (AvgIpc) is 2.89. The Morgan fingerprint density at radius 1 is 1.23 bits per heavy atom. The Hall–Kier alpha value is -2.04. The van der Waals surface area contributed by atoms with Crippen LogP contribution in [0.4, 0.5) is 0 Å². The minimum atomic E-state index is -0.658. The molecule has 2 heterocycles. The molecule has 0 aliphatic carbocycles. The lowest BCUT2D eigenvalue weighted by Crippen LogP contribution is -2.60. The highest BCUT2D eigenvalue weighted by Crippen LogP contribution is 2.39. The summed E-state index contributed by atoms with van der Waals surface area (Å²) in [6.45, 7) is 3.20. The monoisotopic (exact) mass is 302 g/mol. The Balaban J connectivity index is 1.96. The number of carbonyl (C=O) groups excluding carboxylic acids is 2. The minimum absolute atomic E-state index is 0.0704. The largest absolute Gasteiger partial charge is 0.508 e. The van der Waals surface area contributed by atoms with E-state index >= 15 is 0 Å². The van der Waals surface area contributed by atoms with Crippen LogP contribution in [-0.2, 0) is 4.79 Å². The van der Waals surface area contributed by atoms with Gasteiger partial charge in [-0.05, 0) is 56.4 Å². The quantitative estimate of drug-likeness (QED) is 0.862. The van der Waals surface area contributed by atoms with Crippen molar-refractivity contribution in [3.63, 3.8) is 0 Å². The van der Waals surface area contributed by atoms with Gasteiger partial charge >= 0.3 is 0 Å². The molecule has 1 aromatic rings. The summed E-state index contributed by atoms with van der Waals surface area (Å²) in [7, 11) is 1.82. The Labute approximate surface area is 130 Å². The first-order valence-electron chi connectivity index (χ1n) is 7.83. The highest BCUT2D eigenvalue weighted by Gasteiger charge is 2.52. The van der Waals surface area contributed by atoms with Crippen molar-refractivity contribution in [1.29, 1.82) is 0 Å². The van der Waals surface area contributed by atoms with Crippen LogP contribution in [0.15, 0.2) is 18.2 Å². The number of hydrogen-bond acceptors (Lipinski definition) is 3. The molecule has 1 unspecified atom stereocenters. The number of aromatic hydroxyl groups is 1. The van der Waals surface area contributed by atoms with Gasteiger partial charge in [-0.15, -0.1) is 0 Å². The SMILES string of the molecule is Cc1cc(O)ccc1C(=O)N1CCCC12CCCN(C)C2=O. The number of piperidine rings is 1. The van der Waals surface area contributed by atoms with E-state index in [1.807, 2.05) is 14.0 Å². The standard InChI is InChI=1S/C17H22N2O3/c1-12-11-13(20)5-6-14(12)15(21)19-10-4-8-17(19)7-3-9-18(2)16(17)22/h5-6,11,20H,3-4,7-10H2,1-2H3. The third kappa shape index (κ3) is 2.16. The minimum Gasteiger partial charge on any atom is -0.508 e. The molecule has 2 amide bonds. The molecule has 5 heteroatoms. The van der Waals surface area contributed by atoms with Crippen LogP contribution in [0.1, 0.15) is 41.6 Å². The van der Waals surface area contributed by atoms with Crippen molar-refractivity contribution in [3.05, 3.63) is 29.3 Å². The van der Waals surface area contributed by atoms with Crippen LogP contribution in [0, 0.1) is 6.92 Å². The van der Waals surface area contributed by atoms with Gasteiger partial charge in [0.1, 0.15) is 11.3 Å². The second-order valence-electron chi connectivity index (χ2n) is 6.42. The third-order valence-corrected chi connectivity index (χ3v) is 5.00. The Morgan fingerprint density at radius 2 is 1.91 bits per heavy atom. The maximum absolute atomic E-state index is 13.0. The van der Waals surface area contributed by atoms with Gasteiger partial charge in [0, 0.05) is 25.7 Å². The van der Waals surface area contributed by atoms with E-state index in [9.17, 15) is 14.7 Å². The van der Waals surface area contributed by atoms with E-state index in [0.717, 1.165) is 37.8 Å². The molecule has 0 saturated carbocycles. The van der Waals surface area contributed by atoms with E-state index in [1.54, 1.807) is 21.9 Å². The molecule has 2 aliphatic heterocycles. The summed E-state index contributed by atoms with van der Waals surface area (Å²) in [4.78, 5) is 29.2. The van der Waals surface area contributed by atoms with Crippen LogP contribution < -0.4 is 0 Å². The highest BCUT2D eigenvalue weighted by atomic mass is 16.3. The van der Waals surface area contributed by atoms with Crippen LogP contribution in [0.3, 0.4) is 0 Å². The predicted octanol–water partition coefficient (Wildman–Crippen LogP) is 1.93. The van der Waals surface area contributed by atoms with E-state index in [2.05, 4.69) is 0 Å². The summed E-state index contributed by atoms with van der Waals surface area (Å²) in [6.07, 6.45) is 3.29. The van der Waals surface area contributed by atoms with Crippen LogP contribution in [-0.4, -0.2) is 52.4 Å². The van der Waals surface area contributed by atoms with E-state index in [1.165, 1.54) is 6.07 Å². The third-order valence-electron chi connectivity index (χ3n) is 5.00. The summed E-state index contributed by atoms with van der Waals surface area (Å²) in [5.41, 5.74) is 0.651. The summed E-state index contributed by atoms with van der Waals surface area (Å²) >= 11 is 0. The highest BCUT2D eigenvalue weighted by molar-refractivity contribution is 6.01. The number of carbonyl (C=O) groups is 2. The van der Waals surface area contributed by atoms with Crippen molar-refractivity contribution in [2.45, 2.75) is 38.1 Å². The Kier molecular flexibility index (Phi) is 3.59. The van der Waals surface area contributed by atoms with Crippen LogP contribution >= 0.6 is 0 Å². The van der Waals surface area contributed by atoms with Gasteiger partial charge in [-0.3, -0.25) is 9.59 Å². The topological polar surface area (TPSA) is 60.9 Å². The zero-order valence-corrected chi connectivity index (χ0v) is 13.1. The van der Waals surface area contributed by atoms with Crippen molar-refractivity contribution in [2.24, 2.45) is 0 Å². The van der Waals surface area contributed by atoms with Gasteiger partial charge in [0.05, 0.1) is 0 Å². The van der Waals surface area contributed by atoms with Crippen LogP contribution in [0.5, 0.6) is 5.75 Å².